The molecule has 0 saturated heterocycles. The minimum absolute atomic E-state index is 0.0591. The van der Waals surface area contributed by atoms with Crippen molar-refractivity contribution in [1.29, 1.82) is 0 Å². The number of anilines is 1. The van der Waals surface area contributed by atoms with Crippen molar-refractivity contribution in [1.82, 2.24) is 5.32 Å². The summed E-state index contributed by atoms with van der Waals surface area (Å²) in [5, 5.41) is 6.19. The summed E-state index contributed by atoms with van der Waals surface area (Å²) in [6.07, 6.45) is 5.10. The SMILES string of the molecule is CNc1ccc(C(=O)NCC2CCC(C)CC2)c(C)c1. The van der Waals surface area contributed by atoms with Gasteiger partial charge in [0, 0.05) is 24.8 Å². The van der Waals surface area contributed by atoms with Crippen molar-refractivity contribution in [2.45, 2.75) is 39.5 Å². The molecule has 3 heteroatoms. The van der Waals surface area contributed by atoms with Crippen molar-refractivity contribution < 1.29 is 4.79 Å². The number of rotatable bonds is 4. The Morgan fingerprint density at radius 3 is 2.55 bits per heavy atom. The predicted molar refractivity (Wildman–Crippen MR) is 84.2 cm³/mol. The molecule has 1 aliphatic rings. The van der Waals surface area contributed by atoms with Crippen LogP contribution in [0.1, 0.15) is 48.5 Å². The van der Waals surface area contributed by atoms with E-state index in [1.165, 1.54) is 25.7 Å². The number of hydrogen-bond acceptors (Lipinski definition) is 2. The first-order valence-corrected chi connectivity index (χ1v) is 7.66. The monoisotopic (exact) mass is 274 g/mol. The van der Waals surface area contributed by atoms with Gasteiger partial charge in [0.2, 0.25) is 0 Å². The van der Waals surface area contributed by atoms with Gasteiger partial charge in [0.1, 0.15) is 0 Å². The molecule has 0 radical (unpaired) electrons. The second-order valence-electron chi connectivity index (χ2n) is 6.12. The fraction of sp³-hybridized carbons (Fsp3) is 0.588. The summed E-state index contributed by atoms with van der Waals surface area (Å²) in [5.74, 6) is 1.58. The van der Waals surface area contributed by atoms with Crippen LogP contribution in [0.4, 0.5) is 5.69 Å². The Kier molecular flexibility index (Phi) is 5.05. The molecule has 0 unspecified atom stereocenters. The van der Waals surface area contributed by atoms with Gasteiger partial charge in [-0.2, -0.15) is 0 Å². The average molecular weight is 274 g/mol. The molecule has 3 nitrogen and oxygen atoms in total. The molecule has 20 heavy (non-hydrogen) atoms. The summed E-state index contributed by atoms with van der Waals surface area (Å²) in [4.78, 5) is 12.2. The molecule has 1 fully saturated rings. The van der Waals surface area contributed by atoms with Crippen LogP contribution in [0.15, 0.2) is 18.2 Å². The van der Waals surface area contributed by atoms with Crippen molar-refractivity contribution in [2.75, 3.05) is 18.9 Å². The average Bonchev–Trinajstić information content (AvgIpc) is 2.46. The fourth-order valence-corrected chi connectivity index (χ4v) is 2.94. The van der Waals surface area contributed by atoms with Crippen LogP contribution in [0.5, 0.6) is 0 Å². The zero-order valence-corrected chi connectivity index (χ0v) is 12.8. The van der Waals surface area contributed by atoms with Gasteiger partial charge in [-0.05, 0) is 55.4 Å². The molecule has 0 spiro atoms. The number of aryl methyl sites for hydroxylation is 1. The fourth-order valence-electron chi connectivity index (χ4n) is 2.94. The zero-order valence-electron chi connectivity index (χ0n) is 12.8. The smallest absolute Gasteiger partial charge is 0.251 e. The van der Waals surface area contributed by atoms with Crippen LogP contribution in [0, 0.1) is 18.8 Å². The summed E-state index contributed by atoms with van der Waals surface area (Å²) in [7, 11) is 1.89. The van der Waals surface area contributed by atoms with E-state index in [-0.39, 0.29) is 5.91 Å². The third kappa shape index (κ3) is 3.75. The molecule has 110 valence electrons. The number of amides is 1. The van der Waals surface area contributed by atoms with Crippen LogP contribution in [0.2, 0.25) is 0 Å². The van der Waals surface area contributed by atoms with Gasteiger partial charge >= 0.3 is 0 Å². The lowest BCUT2D eigenvalue weighted by Gasteiger charge is -2.26. The quantitative estimate of drug-likeness (QED) is 0.881. The van der Waals surface area contributed by atoms with Gasteiger partial charge < -0.3 is 10.6 Å². The highest BCUT2D eigenvalue weighted by molar-refractivity contribution is 5.96. The van der Waals surface area contributed by atoms with E-state index in [0.29, 0.717) is 5.92 Å². The van der Waals surface area contributed by atoms with Crippen molar-refractivity contribution >= 4 is 11.6 Å². The third-order valence-electron chi connectivity index (χ3n) is 4.45. The first-order chi connectivity index (χ1) is 9.60. The lowest BCUT2D eigenvalue weighted by Crippen LogP contribution is -2.31. The highest BCUT2D eigenvalue weighted by Crippen LogP contribution is 2.27. The molecule has 2 rings (SSSR count). The Morgan fingerprint density at radius 1 is 1.25 bits per heavy atom. The first-order valence-electron chi connectivity index (χ1n) is 7.66. The molecule has 1 amide bonds. The van der Waals surface area contributed by atoms with Gasteiger partial charge in [-0.3, -0.25) is 4.79 Å². The molecular weight excluding hydrogens is 248 g/mol. The molecule has 0 heterocycles. The maximum Gasteiger partial charge on any atom is 0.251 e. The number of carbonyl (C=O) groups is 1. The van der Waals surface area contributed by atoms with Crippen LogP contribution in [0.3, 0.4) is 0 Å². The van der Waals surface area contributed by atoms with E-state index in [1.54, 1.807) is 0 Å². The van der Waals surface area contributed by atoms with Crippen LogP contribution >= 0.6 is 0 Å². The Bertz CT molecular complexity index is 462. The minimum Gasteiger partial charge on any atom is -0.388 e. The molecule has 1 aliphatic carbocycles. The van der Waals surface area contributed by atoms with Gasteiger partial charge in [0.05, 0.1) is 0 Å². The van der Waals surface area contributed by atoms with E-state index < -0.39 is 0 Å². The topological polar surface area (TPSA) is 41.1 Å². The first kappa shape index (κ1) is 14.9. The lowest BCUT2D eigenvalue weighted by molar-refractivity contribution is 0.0941. The summed E-state index contributed by atoms with van der Waals surface area (Å²) in [5.41, 5.74) is 2.85. The normalized spacial score (nSPS) is 22.4. The zero-order chi connectivity index (χ0) is 14.5. The Hall–Kier alpha value is -1.51. The van der Waals surface area contributed by atoms with Gasteiger partial charge in [-0.25, -0.2) is 0 Å². The molecule has 0 bridgehead atoms. The molecule has 0 atom stereocenters. The van der Waals surface area contributed by atoms with Crippen molar-refractivity contribution in [3.8, 4) is 0 Å². The van der Waals surface area contributed by atoms with Gasteiger partial charge in [-0.15, -0.1) is 0 Å². The van der Waals surface area contributed by atoms with E-state index >= 15 is 0 Å². The molecule has 1 aromatic rings. The van der Waals surface area contributed by atoms with Crippen LogP contribution < -0.4 is 10.6 Å². The highest BCUT2D eigenvalue weighted by Gasteiger charge is 2.19. The second-order valence-corrected chi connectivity index (χ2v) is 6.12. The van der Waals surface area contributed by atoms with Crippen LogP contribution in [-0.2, 0) is 0 Å². The number of nitrogens with one attached hydrogen (secondary N) is 2. The summed E-state index contributed by atoms with van der Waals surface area (Å²) in [6.45, 7) is 5.12. The lowest BCUT2D eigenvalue weighted by atomic mass is 9.83. The van der Waals surface area contributed by atoms with E-state index in [9.17, 15) is 4.79 Å². The number of hydrogen-bond donors (Lipinski definition) is 2. The minimum atomic E-state index is 0.0591. The number of carbonyl (C=O) groups excluding carboxylic acids is 1. The van der Waals surface area contributed by atoms with Crippen molar-refractivity contribution in [3.63, 3.8) is 0 Å². The summed E-state index contributed by atoms with van der Waals surface area (Å²) in [6, 6.07) is 5.86. The molecular formula is C17H26N2O. The summed E-state index contributed by atoms with van der Waals surface area (Å²) < 4.78 is 0. The molecule has 0 aliphatic heterocycles. The van der Waals surface area contributed by atoms with Crippen molar-refractivity contribution in [2.24, 2.45) is 11.8 Å². The van der Waals surface area contributed by atoms with E-state index in [2.05, 4.69) is 17.6 Å². The van der Waals surface area contributed by atoms with Crippen LogP contribution in [-0.4, -0.2) is 19.5 Å². The van der Waals surface area contributed by atoms with Gasteiger partial charge in [0.15, 0.2) is 0 Å². The van der Waals surface area contributed by atoms with E-state index in [4.69, 9.17) is 0 Å². The second kappa shape index (κ2) is 6.78. The van der Waals surface area contributed by atoms with Gasteiger partial charge in [0.25, 0.3) is 5.91 Å². The largest absolute Gasteiger partial charge is 0.388 e. The Balaban J connectivity index is 1.88. The summed E-state index contributed by atoms with van der Waals surface area (Å²) >= 11 is 0. The molecule has 1 aromatic carbocycles. The maximum absolute atomic E-state index is 12.2. The third-order valence-corrected chi connectivity index (χ3v) is 4.45. The number of benzene rings is 1. The standard InChI is InChI=1S/C17H26N2O/c1-12-4-6-14(7-5-12)11-19-17(20)16-9-8-15(18-3)10-13(16)2/h8-10,12,14,18H,4-7,11H2,1-3H3,(H,19,20). The maximum atomic E-state index is 12.2. The van der Waals surface area contributed by atoms with Crippen LogP contribution in [0.25, 0.3) is 0 Å². The van der Waals surface area contributed by atoms with Crippen molar-refractivity contribution in [3.05, 3.63) is 29.3 Å². The highest BCUT2D eigenvalue weighted by atomic mass is 16.1. The Morgan fingerprint density at radius 2 is 1.95 bits per heavy atom. The Labute approximate surface area is 122 Å². The molecule has 0 aromatic heterocycles. The molecule has 2 N–H and O–H groups in total. The van der Waals surface area contributed by atoms with E-state index in [0.717, 1.165) is 29.3 Å². The predicted octanol–water partition coefficient (Wildman–Crippen LogP) is 3.59. The van der Waals surface area contributed by atoms with Gasteiger partial charge in [-0.1, -0.05) is 19.8 Å². The van der Waals surface area contributed by atoms with E-state index in [1.807, 2.05) is 32.2 Å². The molecule has 1 saturated carbocycles.